The molecule has 2 aromatic rings. The Hall–Kier alpha value is -1.20. The molecule has 1 aromatic heterocycles. The van der Waals surface area contributed by atoms with Crippen LogP contribution >= 0.6 is 15.9 Å². The molecule has 5 heteroatoms. The average molecular weight is 295 g/mol. The fourth-order valence-corrected chi connectivity index (χ4v) is 2.14. The van der Waals surface area contributed by atoms with Gasteiger partial charge in [0.1, 0.15) is 12.2 Å². The molecule has 17 heavy (non-hydrogen) atoms. The zero-order chi connectivity index (χ0) is 12.3. The first-order chi connectivity index (χ1) is 8.16. The van der Waals surface area contributed by atoms with E-state index in [1.165, 1.54) is 5.56 Å². The van der Waals surface area contributed by atoms with E-state index in [1.807, 2.05) is 23.7 Å². The quantitative estimate of drug-likeness (QED) is 0.942. The molecule has 1 unspecified atom stereocenters. The van der Waals surface area contributed by atoms with Crippen LogP contribution in [-0.2, 0) is 13.6 Å². The second-order valence-electron chi connectivity index (χ2n) is 4.03. The number of benzene rings is 1. The van der Waals surface area contributed by atoms with Crippen molar-refractivity contribution in [1.82, 2.24) is 20.1 Å². The molecule has 0 saturated carbocycles. The molecule has 0 fully saturated rings. The van der Waals surface area contributed by atoms with Gasteiger partial charge in [0.15, 0.2) is 0 Å². The highest BCUT2D eigenvalue weighted by molar-refractivity contribution is 9.10. The Morgan fingerprint density at radius 1 is 1.47 bits per heavy atom. The third-order valence-electron chi connectivity index (χ3n) is 2.64. The molecule has 0 aliphatic rings. The van der Waals surface area contributed by atoms with E-state index in [2.05, 4.69) is 50.5 Å². The highest BCUT2D eigenvalue weighted by atomic mass is 79.9. The molecule has 0 aliphatic heterocycles. The van der Waals surface area contributed by atoms with Gasteiger partial charge < -0.3 is 9.88 Å². The van der Waals surface area contributed by atoms with E-state index < -0.39 is 0 Å². The van der Waals surface area contributed by atoms with Gasteiger partial charge in [0.05, 0.1) is 6.04 Å². The molecule has 0 spiro atoms. The van der Waals surface area contributed by atoms with Gasteiger partial charge in [-0.3, -0.25) is 0 Å². The van der Waals surface area contributed by atoms with Crippen LogP contribution in [0.3, 0.4) is 0 Å². The summed E-state index contributed by atoms with van der Waals surface area (Å²) in [5.41, 5.74) is 1.24. The highest BCUT2D eigenvalue weighted by Crippen LogP contribution is 2.13. The van der Waals surface area contributed by atoms with Crippen molar-refractivity contribution in [1.29, 1.82) is 0 Å². The summed E-state index contributed by atoms with van der Waals surface area (Å²) in [7, 11) is 1.95. The van der Waals surface area contributed by atoms with E-state index in [0.717, 1.165) is 16.8 Å². The van der Waals surface area contributed by atoms with Gasteiger partial charge in [0.25, 0.3) is 0 Å². The molecule has 0 bridgehead atoms. The number of hydrogen-bond acceptors (Lipinski definition) is 3. The Balaban J connectivity index is 1.97. The lowest BCUT2D eigenvalue weighted by atomic mass is 10.2. The van der Waals surface area contributed by atoms with Gasteiger partial charge in [-0.25, -0.2) is 0 Å². The SMILES string of the molecule is CC(NCc1cccc(Br)c1)c1nncn1C. The third-order valence-corrected chi connectivity index (χ3v) is 3.13. The Labute approximate surface area is 109 Å². The first kappa shape index (κ1) is 12.3. The fraction of sp³-hybridized carbons (Fsp3) is 0.333. The van der Waals surface area contributed by atoms with Crippen LogP contribution in [0.5, 0.6) is 0 Å². The minimum Gasteiger partial charge on any atom is -0.319 e. The van der Waals surface area contributed by atoms with E-state index in [4.69, 9.17) is 0 Å². The first-order valence-corrected chi connectivity index (χ1v) is 6.28. The first-order valence-electron chi connectivity index (χ1n) is 5.48. The lowest BCUT2D eigenvalue weighted by Crippen LogP contribution is -2.21. The summed E-state index contributed by atoms with van der Waals surface area (Å²) in [6, 6.07) is 8.45. The number of aryl methyl sites for hydroxylation is 1. The molecule has 90 valence electrons. The third kappa shape index (κ3) is 3.14. The van der Waals surface area contributed by atoms with Crippen molar-refractivity contribution in [2.45, 2.75) is 19.5 Å². The lowest BCUT2D eigenvalue weighted by Gasteiger charge is -2.12. The van der Waals surface area contributed by atoms with E-state index in [0.29, 0.717) is 0 Å². The number of rotatable bonds is 4. The van der Waals surface area contributed by atoms with Gasteiger partial charge >= 0.3 is 0 Å². The molecule has 0 aliphatic carbocycles. The number of aromatic nitrogens is 3. The summed E-state index contributed by atoms with van der Waals surface area (Å²) in [6.07, 6.45) is 1.71. The van der Waals surface area contributed by atoms with Crippen molar-refractivity contribution < 1.29 is 0 Å². The molecule has 1 N–H and O–H groups in total. The van der Waals surface area contributed by atoms with E-state index >= 15 is 0 Å². The minimum atomic E-state index is 0.182. The van der Waals surface area contributed by atoms with Gasteiger partial charge in [-0.05, 0) is 24.6 Å². The zero-order valence-corrected chi connectivity index (χ0v) is 11.5. The Bertz CT molecular complexity index is 495. The van der Waals surface area contributed by atoms with Gasteiger partial charge in [-0.1, -0.05) is 28.1 Å². The topological polar surface area (TPSA) is 42.7 Å². The van der Waals surface area contributed by atoms with Crippen molar-refractivity contribution >= 4 is 15.9 Å². The predicted molar refractivity (Wildman–Crippen MR) is 70.4 cm³/mol. The highest BCUT2D eigenvalue weighted by Gasteiger charge is 2.10. The van der Waals surface area contributed by atoms with Crippen LogP contribution in [0, 0.1) is 0 Å². The van der Waals surface area contributed by atoms with E-state index in [9.17, 15) is 0 Å². The van der Waals surface area contributed by atoms with Crippen LogP contribution in [0.4, 0.5) is 0 Å². The van der Waals surface area contributed by atoms with Crippen LogP contribution in [0.1, 0.15) is 24.4 Å². The van der Waals surface area contributed by atoms with Gasteiger partial charge in [-0.15, -0.1) is 10.2 Å². The van der Waals surface area contributed by atoms with Crippen LogP contribution < -0.4 is 5.32 Å². The molecule has 4 nitrogen and oxygen atoms in total. The Morgan fingerprint density at radius 3 is 2.94 bits per heavy atom. The average Bonchev–Trinajstić information content (AvgIpc) is 2.72. The van der Waals surface area contributed by atoms with Gasteiger partial charge in [-0.2, -0.15) is 0 Å². The summed E-state index contributed by atoms with van der Waals surface area (Å²) in [6.45, 7) is 2.90. The Kier molecular flexibility index (Phi) is 3.91. The molecule has 0 radical (unpaired) electrons. The van der Waals surface area contributed by atoms with E-state index in [1.54, 1.807) is 6.33 Å². The standard InChI is InChI=1S/C12H15BrN4/c1-9(12-16-15-8-17(12)2)14-7-10-4-3-5-11(13)6-10/h3-6,8-9,14H,7H2,1-2H3. The zero-order valence-electron chi connectivity index (χ0n) is 9.89. The number of nitrogens with one attached hydrogen (secondary N) is 1. The molecule has 2 rings (SSSR count). The second kappa shape index (κ2) is 5.42. The van der Waals surface area contributed by atoms with Crippen LogP contribution in [-0.4, -0.2) is 14.8 Å². The summed E-state index contributed by atoms with van der Waals surface area (Å²) in [5.74, 6) is 0.944. The molecular formula is C12H15BrN4. The maximum Gasteiger partial charge on any atom is 0.149 e. The fourth-order valence-electron chi connectivity index (χ4n) is 1.69. The Morgan fingerprint density at radius 2 is 2.29 bits per heavy atom. The lowest BCUT2D eigenvalue weighted by molar-refractivity contribution is 0.528. The second-order valence-corrected chi connectivity index (χ2v) is 4.95. The molecule has 1 heterocycles. The minimum absolute atomic E-state index is 0.182. The summed E-state index contributed by atoms with van der Waals surface area (Å²) in [4.78, 5) is 0. The smallest absolute Gasteiger partial charge is 0.149 e. The summed E-state index contributed by atoms with van der Waals surface area (Å²) in [5, 5.41) is 11.4. The van der Waals surface area contributed by atoms with Crippen LogP contribution in [0.25, 0.3) is 0 Å². The molecule has 1 atom stereocenters. The van der Waals surface area contributed by atoms with Crippen molar-refractivity contribution in [3.8, 4) is 0 Å². The molecule has 1 aromatic carbocycles. The van der Waals surface area contributed by atoms with Crippen molar-refractivity contribution in [2.24, 2.45) is 7.05 Å². The number of halogens is 1. The number of nitrogens with zero attached hydrogens (tertiary/aromatic N) is 3. The molecule has 0 amide bonds. The van der Waals surface area contributed by atoms with Crippen LogP contribution in [0.15, 0.2) is 35.1 Å². The van der Waals surface area contributed by atoms with Gasteiger partial charge in [0, 0.05) is 18.1 Å². The van der Waals surface area contributed by atoms with Gasteiger partial charge in [0.2, 0.25) is 0 Å². The van der Waals surface area contributed by atoms with Crippen molar-refractivity contribution in [2.75, 3.05) is 0 Å². The molecular weight excluding hydrogens is 280 g/mol. The predicted octanol–water partition coefficient (Wildman–Crippen LogP) is 2.43. The van der Waals surface area contributed by atoms with Crippen LogP contribution in [0.2, 0.25) is 0 Å². The van der Waals surface area contributed by atoms with Crippen molar-refractivity contribution in [3.05, 3.63) is 46.5 Å². The number of hydrogen-bond donors (Lipinski definition) is 1. The monoisotopic (exact) mass is 294 g/mol. The normalized spacial score (nSPS) is 12.6. The maximum atomic E-state index is 4.09. The molecule has 0 saturated heterocycles. The largest absolute Gasteiger partial charge is 0.319 e. The maximum absolute atomic E-state index is 4.09. The summed E-state index contributed by atoms with van der Waals surface area (Å²) >= 11 is 3.47. The van der Waals surface area contributed by atoms with E-state index in [-0.39, 0.29) is 6.04 Å². The summed E-state index contributed by atoms with van der Waals surface area (Å²) < 4.78 is 3.03. The van der Waals surface area contributed by atoms with Crippen molar-refractivity contribution in [3.63, 3.8) is 0 Å².